The molecule has 7 heavy (non-hydrogen) atoms. The van der Waals surface area contributed by atoms with Crippen LogP contribution < -0.4 is 11.5 Å². The van der Waals surface area contributed by atoms with E-state index in [1.54, 1.807) is 0 Å². The molecule has 0 saturated carbocycles. The van der Waals surface area contributed by atoms with Crippen molar-refractivity contribution in [2.45, 2.75) is 12.5 Å². The summed E-state index contributed by atoms with van der Waals surface area (Å²) in [7, 11) is 0. The van der Waals surface area contributed by atoms with Crippen LogP contribution in [0.3, 0.4) is 0 Å². The lowest BCUT2D eigenvalue weighted by atomic mass is 10.2. The predicted octanol–water partition coefficient (Wildman–Crippen LogP) is -0.697. The van der Waals surface area contributed by atoms with Crippen LogP contribution in [0.15, 0.2) is 0 Å². The number of nitrogens with one attached hydrogen (secondary N) is 2. The summed E-state index contributed by atoms with van der Waals surface area (Å²) in [5, 5.41) is 8.16. The van der Waals surface area contributed by atoms with Crippen LogP contribution in [0.2, 0.25) is 0 Å². The second-order valence-corrected chi connectivity index (χ2v) is 1.41. The SMILES string of the molecule is [NH]CC([NH])CCO. The monoisotopic (exact) mass is 102 g/mol. The summed E-state index contributed by atoms with van der Waals surface area (Å²) in [4.78, 5) is 0. The van der Waals surface area contributed by atoms with E-state index in [0.717, 1.165) is 0 Å². The molecule has 42 valence electrons. The first-order valence-electron chi connectivity index (χ1n) is 2.27. The zero-order valence-electron chi connectivity index (χ0n) is 4.15. The summed E-state index contributed by atoms with van der Waals surface area (Å²) in [6, 6.07) is -0.384. The highest BCUT2D eigenvalue weighted by Gasteiger charge is 1.95. The molecule has 3 nitrogen and oxygen atoms in total. The summed E-state index contributed by atoms with van der Waals surface area (Å²) in [6.45, 7) is 0.133. The Hall–Kier alpha value is -0.120. The minimum absolute atomic E-state index is 0.0348. The summed E-state index contributed by atoms with van der Waals surface area (Å²) in [5.41, 5.74) is 13.5. The van der Waals surface area contributed by atoms with Crippen LogP contribution in [0, 0.1) is 0 Å². The molecule has 0 aromatic heterocycles. The molecule has 0 aliphatic rings. The van der Waals surface area contributed by atoms with Crippen molar-refractivity contribution in [2.75, 3.05) is 13.2 Å². The number of hydrogen-bond donors (Lipinski definition) is 1. The third-order valence-corrected chi connectivity index (χ3v) is 0.724. The topological polar surface area (TPSA) is 67.8 Å². The maximum atomic E-state index is 8.16. The fourth-order valence-corrected chi connectivity index (χ4v) is 0.258. The maximum absolute atomic E-state index is 8.16. The van der Waals surface area contributed by atoms with E-state index in [9.17, 15) is 0 Å². The number of rotatable bonds is 3. The predicted molar refractivity (Wildman–Crippen MR) is 26.6 cm³/mol. The molecule has 0 spiro atoms. The van der Waals surface area contributed by atoms with Gasteiger partial charge in [0, 0.05) is 19.2 Å². The summed E-state index contributed by atoms with van der Waals surface area (Å²) >= 11 is 0. The second kappa shape index (κ2) is 4.05. The minimum Gasteiger partial charge on any atom is -0.396 e. The highest BCUT2D eigenvalue weighted by molar-refractivity contribution is 4.57. The number of aliphatic hydroxyl groups excluding tert-OH is 1. The Labute approximate surface area is 43.3 Å². The van der Waals surface area contributed by atoms with Gasteiger partial charge in [-0.25, -0.2) is 0 Å². The molecule has 3 heteroatoms. The Bertz CT molecular complexity index is 40.7. The van der Waals surface area contributed by atoms with Gasteiger partial charge in [0.2, 0.25) is 0 Å². The van der Waals surface area contributed by atoms with E-state index in [1.165, 1.54) is 0 Å². The van der Waals surface area contributed by atoms with Gasteiger partial charge in [-0.1, -0.05) is 0 Å². The average molecular weight is 102 g/mol. The molecule has 0 rings (SSSR count). The maximum Gasteiger partial charge on any atom is 0.0446 e. The van der Waals surface area contributed by atoms with Gasteiger partial charge in [0.05, 0.1) is 0 Å². The summed E-state index contributed by atoms with van der Waals surface area (Å²) < 4.78 is 0. The number of hydrogen-bond acceptors (Lipinski definition) is 1. The van der Waals surface area contributed by atoms with Gasteiger partial charge in [0.25, 0.3) is 0 Å². The van der Waals surface area contributed by atoms with E-state index in [2.05, 4.69) is 0 Å². The van der Waals surface area contributed by atoms with Crippen molar-refractivity contribution in [3.05, 3.63) is 0 Å². The van der Waals surface area contributed by atoms with Crippen molar-refractivity contribution in [1.82, 2.24) is 11.5 Å². The Morgan fingerprint density at radius 3 is 2.29 bits per heavy atom. The fraction of sp³-hybridized carbons (Fsp3) is 1.00. The lowest BCUT2D eigenvalue weighted by Gasteiger charge is -2.00. The molecule has 0 saturated heterocycles. The molecule has 0 fully saturated rings. The van der Waals surface area contributed by atoms with Crippen LogP contribution in [0.25, 0.3) is 0 Å². The van der Waals surface area contributed by atoms with E-state index < -0.39 is 0 Å². The first-order valence-corrected chi connectivity index (χ1v) is 2.27. The Balaban J connectivity index is 2.83. The Morgan fingerprint density at radius 1 is 1.57 bits per heavy atom. The highest BCUT2D eigenvalue weighted by atomic mass is 16.3. The average Bonchev–Trinajstić information content (AvgIpc) is 1.68. The highest BCUT2D eigenvalue weighted by Crippen LogP contribution is 1.83. The van der Waals surface area contributed by atoms with Crippen LogP contribution in [0.1, 0.15) is 6.42 Å². The van der Waals surface area contributed by atoms with Crippen molar-refractivity contribution >= 4 is 0 Å². The van der Waals surface area contributed by atoms with Crippen molar-refractivity contribution in [2.24, 2.45) is 0 Å². The third kappa shape index (κ3) is 3.72. The van der Waals surface area contributed by atoms with Crippen LogP contribution in [-0.2, 0) is 0 Å². The van der Waals surface area contributed by atoms with Gasteiger partial charge in [-0.15, -0.1) is 0 Å². The molecule has 0 aliphatic heterocycles. The van der Waals surface area contributed by atoms with E-state index in [0.29, 0.717) is 6.42 Å². The Morgan fingerprint density at radius 2 is 2.14 bits per heavy atom. The van der Waals surface area contributed by atoms with Crippen molar-refractivity contribution in [3.8, 4) is 0 Å². The first-order chi connectivity index (χ1) is 3.31. The molecule has 2 radical (unpaired) electrons. The molecule has 0 amide bonds. The molecule has 3 N–H and O–H groups in total. The first kappa shape index (κ1) is 6.88. The van der Waals surface area contributed by atoms with E-state index in [-0.39, 0.29) is 19.2 Å². The van der Waals surface area contributed by atoms with E-state index >= 15 is 0 Å². The minimum atomic E-state index is -0.384. The van der Waals surface area contributed by atoms with Crippen molar-refractivity contribution in [1.29, 1.82) is 0 Å². The molecular weight excluding hydrogens is 92.1 g/mol. The zero-order valence-corrected chi connectivity index (χ0v) is 4.15. The molecule has 1 unspecified atom stereocenters. The molecule has 1 atom stereocenters. The van der Waals surface area contributed by atoms with Gasteiger partial charge >= 0.3 is 0 Å². The normalized spacial score (nSPS) is 14.1. The molecular formula is C4H10N2O. The second-order valence-electron chi connectivity index (χ2n) is 1.41. The Kier molecular flexibility index (Phi) is 3.98. The van der Waals surface area contributed by atoms with Crippen molar-refractivity contribution < 1.29 is 5.11 Å². The lowest BCUT2D eigenvalue weighted by Crippen LogP contribution is -2.16. The molecule has 0 heterocycles. The fourth-order valence-electron chi connectivity index (χ4n) is 0.258. The van der Waals surface area contributed by atoms with Crippen LogP contribution in [0.4, 0.5) is 0 Å². The summed E-state index contributed by atoms with van der Waals surface area (Å²) in [6.07, 6.45) is 0.434. The molecule has 0 aliphatic carbocycles. The smallest absolute Gasteiger partial charge is 0.0446 e. The third-order valence-electron chi connectivity index (χ3n) is 0.724. The van der Waals surface area contributed by atoms with Gasteiger partial charge < -0.3 is 5.11 Å². The van der Waals surface area contributed by atoms with E-state index in [4.69, 9.17) is 16.6 Å². The standard InChI is InChI=1S/C4H10N2O/c5-3-4(6)1-2-7/h4-7H,1-3H2. The molecule has 0 bridgehead atoms. The summed E-state index contributed by atoms with van der Waals surface area (Å²) in [5.74, 6) is 0. The number of aliphatic hydroxyl groups is 1. The van der Waals surface area contributed by atoms with Crippen molar-refractivity contribution in [3.63, 3.8) is 0 Å². The largest absolute Gasteiger partial charge is 0.396 e. The quantitative estimate of drug-likeness (QED) is 0.503. The van der Waals surface area contributed by atoms with Gasteiger partial charge in [0.15, 0.2) is 0 Å². The van der Waals surface area contributed by atoms with Gasteiger partial charge in [-0.3, -0.25) is 11.5 Å². The van der Waals surface area contributed by atoms with Gasteiger partial charge in [0.1, 0.15) is 0 Å². The van der Waals surface area contributed by atoms with Crippen LogP contribution in [-0.4, -0.2) is 24.3 Å². The molecule has 0 aromatic rings. The van der Waals surface area contributed by atoms with Crippen LogP contribution in [0.5, 0.6) is 0 Å². The lowest BCUT2D eigenvalue weighted by molar-refractivity contribution is 0.275. The zero-order chi connectivity index (χ0) is 5.70. The van der Waals surface area contributed by atoms with Gasteiger partial charge in [-0.05, 0) is 6.42 Å². The van der Waals surface area contributed by atoms with Gasteiger partial charge in [-0.2, -0.15) is 0 Å². The molecule has 0 aromatic carbocycles. The van der Waals surface area contributed by atoms with Crippen LogP contribution >= 0.6 is 0 Å². The van der Waals surface area contributed by atoms with E-state index in [1.807, 2.05) is 0 Å².